The number of thiol groups is 1. The average molecular weight is 223 g/mol. The minimum absolute atomic E-state index is 0.453. The van der Waals surface area contributed by atoms with Crippen molar-refractivity contribution in [2.24, 2.45) is 0 Å². The number of hydrogen-bond donors (Lipinski definition) is 1. The molecule has 0 aliphatic carbocycles. The van der Waals surface area contributed by atoms with Gasteiger partial charge in [0, 0.05) is 6.61 Å². The minimum Gasteiger partial charge on any atom is -0.359 e. The van der Waals surface area contributed by atoms with Gasteiger partial charge in [-0.3, -0.25) is 0 Å². The second-order valence-electron chi connectivity index (χ2n) is 3.19. The first-order chi connectivity index (χ1) is 7.42. The van der Waals surface area contributed by atoms with Crippen LogP contribution in [0, 0.1) is 0 Å². The standard InChI is InChI=1S/C10H13N3OS/c15-7-3-6-14-8-13-10-5-2-1-4-9(10)11-12-13/h1-2,4-5,15H,3,6-8H2. The number of para-hydroxylation sites is 1. The number of benzene rings is 1. The molecule has 2 rings (SSSR count). The summed E-state index contributed by atoms with van der Waals surface area (Å²) in [6, 6.07) is 7.84. The third-order valence-electron chi connectivity index (χ3n) is 2.08. The van der Waals surface area contributed by atoms with Gasteiger partial charge in [0.1, 0.15) is 12.2 Å². The maximum atomic E-state index is 5.44. The van der Waals surface area contributed by atoms with Gasteiger partial charge < -0.3 is 4.74 Å². The first-order valence-electron chi connectivity index (χ1n) is 4.88. The number of ether oxygens (including phenoxy) is 1. The molecule has 0 N–H and O–H groups in total. The van der Waals surface area contributed by atoms with E-state index >= 15 is 0 Å². The van der Waals surface area contributed by atoms with Gasteiger partial charge in [-0.05, 0) is 24.3 Å². The molecule has 5 heteroatoms. The second-order valence-corrected chi connectivity index (χ2v) is 3.64. The molecule has 1 heterocycles. The highest BCUT2D eigenvalue weighted by Gasteiger charge is 2.01. The molecule has 0 radical (unpaired) electrons. The summed E-state index contributed by atoms with van der Waals surface area (Å²) in [5, 5.41) is 8.05. The molecule has 0 atom stereocenters. The van der Waals surface area contributed by atoms with Crippen LogP contribution in [0.3, 0.4) is 0 Å². The summed E-state index contributed by atoms with van der Waals surface area (Å²) in [7, 11) is 0. The molecule has 0 bridgehead atoms. The molecule has 4 nitrogen and oxygen atoms in total. The van der Waals surface area contributed by atoms with E-state index in [2.05, 4.69) is 22.9 Å². The molecule has 0 amide bonds. The van der Waals surface area contributed by atoms with Crippen LogP contribution in [0.2, 0.25) is 0 Å². The third kappa shape index (κ3) is 2.49. The summed E-state index contributed by atoms with van der Waals surface area (Å²) in [5.41, 5.74) is 1.90. The third-order valence-corrected chi connectivity index (χ3v) is 2.40. The van der Waals surface area contributed by atoms with E-state index in [1.165, 1.54) is 0 Å². The molecule has 0 unspecified atom stereocenters. The van der Waals surface area contributed by atoms with E-state index in [1.54, 1.807) is 4.68 Å². The Kier molecular flexibility index (Phi) is 3.58. The monoisotopic (exact) mass is 223 g/mol. The lowest BCUT2D eigenvalue weighted by Crippen LogP contribution is -2.05. The highest BCUT2D eigenvalue weighted by molar-refractivity contribution is 7.80. The molecule has 2 aromatic rings. The fraction of sp³-hybridized carbons (Fsp3) is 0.400. The first-order valence-corrected chi connectivity index (χ1v) is 5.52. The molecule has 80 valence electrons. The highest BCUT2D eigenvalue weighted by atomic mass is 32.1. The molecule has 0 aliphatic heterocycles. The number of nitrogens with zero attached hydrogens (tertiary/aromatic N) is 3. The Morgan fingerprint density at radius 2 is 2.20 bits per heavy atom. The second kappa shape index (κ2) is 5.14. The normalized spacial score (nSPS) is 11.0. The summed E-state index contributed by atoms with van der Waals surface area (Å²) in [6.45, 7) is 1.16. The molecule has 0 fully saturated rings. The van der Waals surface area contributed by atoms with Gasteiger partial charge in [0.25, 0.3) is 0 Å². The molecular formula is C10H13N3OS. The molecule has 0 saturated carbocycles. The van der Waals surface area contributed by atoms with E-state index in [1.807, 2.05) is 24.3 Å². The van der Waals surface area contributed by atoms with Crippen LogP contribution in [-0.4, -0.2) is 27.4 Å². The topological polar surface area (TPSA) is 39.9 Å². The van der Waals surface area contributed by atoms with Crippen molar-refractivity contribution in [3.8, 4) is 0 Å². The average Bonchev–Trinajstić information content (AvgIpc) is 2.68. The zero-order valence-electron chi connectivity index (χ0n) is 8.33. The summed E-state index contributed by atoms with van der Waals surface area (Å²) in [6.07, 6.45) is 0.954. The molecule has 1 aromatic heterocycles. The molecular weight excluding hydrogens is 210 g/mol. The fourth-order valence-electron chi connectivity index (χ4n) is 1.33. The fourth-order valence-corrected chi connectivity index (χ4v) is 1.46. The van der Waals surface area contributed by atoms with Gasteiger partial charge >= 0.3 is 0 Å². The summed E-state index contributed by atoms with van der Waals surface area (Å²) in [4.78, 5) is 0. The van der Waals surface area contributed by atoms with Gasteiger partial charge in [0.05, 0.1) is 5.52 Å². The van der Waals surface area contributed by atoms with Gasteiger partial charge in [-0.25, -0.2) is 4.68 Å². The van der Waals surface area contributed by atoms with E-state index in [4.69, 9.17) is 4.74 Å². The SMILES string of the molecule is SCCCOCn1nnc2ccccc21. The molecule has 1 aromatic carbocycles. The predicted octanol–water partition coefficient (Wildman–Crippen LogP) is 1.73. The van der Waals surface area contributed by atoms with E-state index in [-0.39, 0.29) is 0 Å². The lowest BCUT2D eigenvalue weighted by molar-refractivity contribution is 0.0715. The van der Waals surface area contributed by atoms with E-state index < -0.39 is 0 Å². The Hall–Kier alpha value is -1.07. The van der Waals surface area contributed by atoms with Crippen LogP contribution in [0.4, 0.5) is 0 Å². The van der Waals surface area contributed by atoms with Crippen molar-refractivity contribution in [1.29, 1.82) is 0 Å². The maximum absolute atomic E-state index is 5.44. The van der Waals surface area contributed by atoms with Gasteiger partial charge in [-0.15, -0.1) is 5.10 Å². The van der Waals surface area contributed by atoms with E-state index in [0.29, 0.717) is 13.3 Å². The van der Waals surface area contributed by atoms with Crippen molar-refractivity contribution in [3.63, 3.8) is 0 Å². The summed E-state index contributed by atoms with van der Waals surface area (Å²) in [5.74, 6) is 0.845. The van der Waals surface area contributed by atoms with Crippen LogP contribution in [0.1, 0.15) is 6.42 Å². The summed E-state index contributed by atoms with van der Waals surface area (Å²) < 4.78 is 7.20. The summed E-state index contributed by atoms with van der Waals surface area (Å²) >= 11 is 4.11. The number of hydrogen-bond acceptors (Lipinski definition) is 4. The number of aromatic nitrogens is 3. The largest absolute Gasteiger partial charge is 0.359 e. The first kappa shape index (κ1) is 10.4. The van der Waals surface area contributed by atoms with Gasteiger partial charge in [-0.1, -0.05) is 17.3 Å². The van der Waals surface area contributed by atoms with Crippen molar-refractivity contribution in [2.45, 2.75) is 13.2 Å². The van der Waals surface area contributed by atoms with Crippen LogP contribution in [0.25, 0.3) is 11.0 Å². The smallest absolute Gasteiger partial charge is 0.141 e. The minimum atomic E-state index is 0.453. The number of rotatable bonds is 5. The van der Waals surface area contributed by atoms with Crippen molar-refractivity contribution in [1.82, 2.24) is 15.0 Å². The van der Waals surface area contributed by atoms with Crippen molar-refractivity contribution in [2.75, 3.05) is 12.4 Å². The van der Waals surface area contributed by atoms with Crippen LogP contribution in [0.5, 0.6) is 0 Å². The van der Waals surface area contributed by atoms with Gasteiger partial charge in [0.2, 0.25) is 0 Å². The van der Waals surface area contributed by atoms with Crippen molar-refractivity contribution >= 4 is 23.7 Å². The van der Waals surface area contributed by atoms with Crippen LogP contribution < -0.4 is 0 Å². The van der Waals surface area contributed by atoms with E-state index in [9.17, 15) is 0 Å². The van der Waals surface area contributed by atoms with Crippen molar-refractivity contribution < 1.29 is 4.74 Å². The van der Waals surface area contributed by atoms with Gasteiger partial charge in [-0.2, -0.15) is 12.6 Å². The molecule has 0 saturated heterocycles. The highest BCUT2D eigenvalue weighted by Crippen LogP contribution is 2.09. The Morgan fingerprint density at radius 1 is 1.33 bits per heavy atom. The lowest BCUT2D eigenvalue weighted by Gasteiger charge is -2.03. The zero-order valence-corrected chi connectivity index (χ0v) is 9.23. The number of fused-ring (bicyclic) bond motifs is 1. The molecule has 0 spiro atoms. The van der Waals surface area contributed by atoms with E-state index in [0.717, 1.165) is 23.2 Å². The van der Waals surface area contributed by atoms with Crippen LogP contribution in [0.15, 0.2) is 24.3 Å². The molecule has 0 aliphatic rings. The van der Waals surface area contributed by atoms with Crippen LogP contribution in [-0.2, 0) is 11.5 Å². The zero-order chi connectivity index (χ0) is 10.5. The van der Waals surface area contributed by atoms with Crippen LogP contribution >= 0.6 is 12.6 Å². The Morgan fingerprint density at radius 3 is 3.07 bits per heavy atom. The Bertz CT molecular complexity index is 429. The van der Waals surface area contributed by atoms with Gasteiger partial charge in [0.15, 0.2) is 0 Å². The Balaban J connectivity index is 2.02. The quantitative estimate of drug-likeness (QED) is 0.620. The van der Waals surface area contributed by atoms with Crippen molar-refractivity contribution in [3.05, 3.63) is 24.3 Å². The maximum Gasteiger partial charge on any atom is 0.141 e. The lowest BCUT2D eigenvalue weighted by atomic mass is 10.3. The Labute approximate surface area is 93.6 Å². The molecule has 15 heavy (non-hydrogen) atoms. The predicted molar refractivity (Wildman–Crippen MR) is 62.0 cm³/mol.